The highest BCUT2D eigenvalue weighted by Crippen LogP contribution is 2.16. The minimum Gasteiger partial charge on any atom is -0.481 e. The summed E-state index contributed by atoms with van der Waals surface area (Å²) >= 11 is 0. The molecule has 0 aliphatic carbocycles. The highest BCUT2D eigenvalue weighted by Gasteiger charge is 2.23. The Morgan fingerprint density at radius 2 is 1.85 bits per heavy atom. The molecule has 0 aromatic carbocycles. The maximum absolute atomic E-state index is 12.0. The van der Waals surface area contributed by atoms with Crippen LogP contribution in [-0.2, 0) is 9.59 Å². The van der Waals surface area contributed by atoms with Crippen LogP contribution in [0.3, 0.4) is 0 Å². The zero-order chi connectivity index (χ0) is 15.0. The molecule has 3 amide bonds. The molecule has 0 bridgehead atoms. The van der Waals surface area contributed by atoms with Crippen LogP contribution in [0.15, 0.2) is 0 Å². The third kappa shape index (κ3) is 6.04. The lowest BCUT2D eigenvalue weighted by Gasteiger charge is -2.26. The van der Waals surface area contributed by atoms with E-state index in [9.17, 15) is 14.4 Å². The lowest BCUT2D eigenvalue weighted by Crippen LogP contribution is -2.46. The zero-order valence-corrected chi connectivity index (χ0v) is 12.1. The number of carboxylic acid groups (broad SMARTS) is 1. The number of likely N-dealkylation sites (tertiary alicyclic amines) is 1. The molecular weight excluding hydrogens is 260 g/mol. The van der Waals surface area contributed by atoms with Crippen LogP contribution >= 0.6 is 0 Å². The normalized spacial score (nSPS) is 19.2. The summed E-state index contributed by atoms with van der Waals surface area (Å²) in [4.78, 5) is 35.7. The van der Waals surface area contributed by atoms with Gasteiger partial charge in [-0.1, -0.05) is 12.8 Å². The molecule has 20 heavy (non-hydrogen) atoms. The summed E-state index contributed by atoms with van der Waals surface area (Å²) in [6, 6.07) is -0.153. The summed E-state index contributed by atoms with van der Waals surface area (Å²) < 4.78 is 0. The quantitative estimate of drug-likeness (QED) is 0.757. The van der Waals surface area contributed by atoms with E-state index in [-0.39, 0.29) is 30.8 Å². The van der Waals surface area contributed by atoms with E-state index in [1.807, 2.05) is 6.92 Å². The van der Waals surface area contributed by atoms with Gasteiger partial charge in [-0.2, -0.15) is 0 Å². The molecule has 6 heteroatoms. The second-order valence-electron chi connectivity index (χ2n) is 5.35. The van der Waals surface area contributed by atoms with Gasteiger partial charge < -0.3 is 10.0 Å². The van der Waals surface area contributed by atoms with Crippen LogP contribution in [0.4, 0.5) is 4.79 Å². The van der Waals surface area contributed by atoms with Crippen molar-refractivity contribution in [2.24, 2.45) is 0 Å². The van der Waals surface area contributed by atoms with Crippen LogP contribution in [0.25, 0.3) is 0 Å². The Kier molecular flexibility index (Phi) is 7.04. The van der Waals surface area contributed by atoms with Crippen molar-refractivity contribution in [3.8, 4) is 0 Å². The number of nitrogens with zero attached hydrogens (tertiary/aromatic N) is 1. The molecule has 1 aliphatic heterocycles. The van der Waals surface area contributed by atoms with E-state index < -0.39 is 5.97 Å². The van der Waals surface area contributed by atoms with Gasteiger partial charge in [-0.15, -0.1) is 0 Å². The minimum absolute atomic E-state index is 0.0599. The van der Waals surface area contributed by atoms with Crippen LogP contribution in [0.5, 0.6) is 0 Å². The molecule has 0 radical (unpaired) electrons. The van der Waals surface area contributed by atoms with Crippen LogP contribution in [0, 0.1) is 0 Å². The number of rotatable bonds is 5. The largest absolute Gasteiger partial charge is 0.481 e. The molecule has 1 saturated heterocycles. The van der Waals surface area contributed by atoms with E-state index in [0.29, 0.717) is 19.4 Å². The number of hydrogen-bond acceptors (Lipinski definition) is 3. The number of nitrogens with one attached hydrogen (secondary N) is 1. The molecule has 0 aromatic rings. The first kappa shape index (κ1) is 16.5. The number of carbonyl (C=O) groups is 3. The number of carboxylic acids is 1. The molecule has 0 aromatic heterocycles. The van der Waals surface area contributed by atoms with E-state index in [2.05, 4.69) is 5.32 Å². The molecule has 2 N–H and O–H groups in total. The molecule has 1 heterocycles. The average molecular weight is 284 g/mol. The summed E-state index contributed by atoms with van der Waals surface area (Å²) in [5, 5.41) is 10.9. The maximum Gasteiger partial charge on any atom is 0.324 e. The Morgan fingerprint density at radius 3 is 2.55 bits per heavy atom. The Balaban J connectivity index is 2.29. The van der Waals surface area contributed by atoms with Crippen molar-refractivity contribution >= 4 is 17.9 Å². The first-order valence-electron chi connectivity index (χ1n) is 7.33. The van der Waals surface area contributed by atoms with Crippen molar-refractivity contribution in [2.45, 2.75) is 64.3 Å². The molecule has 1 atom stereocenters. The molecule has 0 saturated carbocycles. The number of carbonyl (C=O) groups excluding carboxylic acids is 2. The number of aliphatic carboxylic acids is 1. The fourth-order valence-corrected chi connectivity index (χ4v) is 2.39. The first-order valence-corrected chi connectivity index (χ1v) is 7.33. The van der Waals surface area contributed by atoms with E-state index in [1.54, 1.807) is 4.90 Å². The molecule has 1 rings (SSSR count). The average Bonchev–Trinajstić information content (AvgIpc) is 2.59. The van der Waals surface area contributed by atoms with Gasteiger partial charge in [-0.3, -0.25) is 14.9 Å². The fourth-order valence-electron chi connectivity index (χ4n) is 2.39. The minimum atomic E-state index is -0.861. The molecule has 114 valence electrons. The van der Waals surface area contributed by atoms with Gasteiger partial charge in [0.25, 0.3) is 0 Å². The highest BCUT2D eigenvalue weighted by molar-refractivity contribution is 5.94. The lowest BCUT2D eigenvalue weighted by molar-refractivity contribution is -0.137. The smallest absolute Gasteiger partial charge is 0.324 e. The second kappa shape index (κ2) is 8.55. The van der Waals surface area contributed by atoms with Crippen LogP contribution < -0.4 is 5.32 Å². The first-order chi connectivity index (χ1) is 9.50. The standard InChI is InChI=1S/C14H24N2O4/c1-11-7-3-2-6-10-16(11)14(20)15-12(17)8-4-5-9-13(18)19/h11H,2-10H2,1H3,(H,18,19)(H,15,17,20). The monoisotopic (exact) mass is 284 g/mol. The van der Waals surface area contributed by atoms with Gasteiger partial charge in [-0.05, 0) is 32.6 Å². The topological polar surface area (TPSA) is 86.7 Å². The van der Waals surface area contributed by atoms with Gasteiger partial charge in [0.1, 0.15) is 0 Å². The third-order valence-electron chi connectivity index (χ3n) is 3.60. The summed E-state index contributed by atoms with van der Waals surface area (Å²) in [5.74, 6) is -1.18. The van der Waals surface area contributed by atoms with Gasteiger partial charge in [0.2, 0.25) is 5.91 Å². The third-order valence-corrected chi connectivity index (χ3v) is 3.60. The Hall–Kier alpha value is -1.59. The van der Waals surface area contributed by atoms with Gasteiger partial charge in [0, 0.05) is 25.4 Å². The molecule has 0 spiro atoms. The lowest BCUT2D eigenvalue weighted by atomic mass is 10.1. The molecule has 1 aliphatic rings. The summed E-state index contributed by atoms with van der Waals surface area (Å²) in [6.07, 6.45) is 5.39. The predicted octanol–water partition coefficient (Wildman–Crippen LogP) is 2.13. The van der Waals surface area contributed by atoms with Crippen LogP contribution in [0.2, 0.25) is 0 Å². The Labute approximate surface area is 119 Å². The molecule has 1 fully saturated rings. The van der Waals surface area contributed by atoms with Gasteiger partial charge in [0.15, 0.2) is 0 Å². The van der Waals surface area contributed by atoms with Crippen molar-refractivity contribution in [1.29, 1.82) is 0 Å². The van der Waals surface area contributed by atoms with Gasteiger partial charge in [0.05, 0.1) is 0 Å². The van der Waals surface area contributed by atoms with Crippen molar-refractivity contribution in [3.05, 3.63) is 0 Å². The van der Waals surface area contributed by atoms with Crippen molar-refractivity contribution < 1.29 is 19.5 Å². The predicted molar refractivity (Wildman–Crippen MR) is 74.3 cm³/mol. The number of hydrogen-bond donors (Lipinski definition) is 2. The van der Waals surface area contributed by atoms with Crippen molar-refractivity contribution in [1.82, 2.24) is 10.2 Å². The Bertz CT molecular complexity index is 357. The molecule has 1 unspecified atom stereocenters. The highest BCUT2D eigenvalue weighted by atomic mass is 16.4. The van der Waals surface area contributed by atoms with E-state index in [0.717, 1.165) is 25.7 Å². The molecule has 6 nitrogen and oxygen atoms in total. The van der Waals surface area contributed by atoms with Crippen LogP contribution in [0.1, 0.15) is 58.3 Å². The van der Waals surface area contributed by atoms with Crippen molar-refractivity contribution in [3.63, 3.8) is 0 Å². The SMILES string of the molecule is CC1CCCCCN1C(=O)NC(=O)CCCCC(=O)O. The van der Waals surface area contributed by atoms with Crippen LogP contribution in [-0.4, -0.2) is 40.5 Å². The maximum atomic E-state index is 12.0. The van der Waals surface area contributed by atoms with Gasteiger partial charge >= 0.3 is 12.0 Å². The fraction of sp³-hybridized carbons (Fsp3) is 0.786. The second-order valence-corrected chi connectivity index (χ2v) is 5.35. The summed E-state index contributed by atoms with van der Waals surface area (Å²) in [7, 11) is 0. The Morgan fingerprint density at radius 1 is 1.15 bits per heavy atom. The zero-order valence-electron chi connectivity index (χ0n) is 12.1. The van der Waals surface area contributed by atoms with Gasteiger partial charge in [-0.25, -0.2) is 4.79 Å². The van der Waals surface area contributed by atoms with Crippen molar-refractivity contribution in [2.75, 3.05) is 6.54 Å². The van der Waals surface area contributed by atoms with E-state index >= 15 is 0 Å². The molecular formula is C14H24N2O4. The summed E-state index contributed by atoms with van der Waals surface area (Å²) in [6.45, 7) is 2.70. The summed E-state index contributed by atoms with van der Waals surface area (Å²) in [5.41, 5.74) is 0. The number of unbranched alkanes of at least 4 members (excludes halogenated alkanes) is 1. The number of amides is 3. The number of imide groups is 1. The number of urea groups is 1. The van der Waals surface area contributed by atoms with E-state index in [4.69, 9.17) is 5.11 Å². The van der Waals surface area contributed by atoms with E-state index in [1.165, 1.54) is 0 Å².